The van der Waals surface area contributed by atoms with Gasteiger partial charge < -0.3 is 5.73 Å². The molecule has 1 aliphatic rings. The van der Waals surface area contributed by atoms with E-state index in [0.29, 0.717) is 5.25 Å². The van der Waals surface area contributed by atoms with Crippen molar-refractivity contribution in [1.82, 2.24) is 0 Å². The van der Waals surface area contributed by atoms with Crippen LogP contribution >= 0.6 is 11.8 Å². The van der Waals surface area contributed by atoms with E-state index >= 15 is 0 Å². The van der Waals surface area contributed by atoms with E-state index in [-0.39, 0.29) is 5.84 Å². The Labute approximate surface area is 65.4 Å². The fraction of sp³-hybridized carbons (Fsp3) is 0.571. The summed E-state index contributed by atoms with van der Waals surface area (Å²) >= 11 is 1.80. The van der Waals surface area contributed by atoms with Crippen LogP contribution in [0, 0.1) is 5.41 Å². The zero-order valence-corrected chi connectivity index (χ0v) is 6.87. The summed E-state index contributed by atoms with van der Waals surface area (Å²) in [5, 5.41) is 9.83. The molecule has 56 valence electrons. The van der Waals surface area contributed by atoms with Crippen molar-refractivity contribution in [2.75, 3.05) is 0 Å². The predicted molar refractivity (Wildman–Crippen MR) is 46.3 cm³/mol. The first-order chi connectivity index (χ1) is 4.74. The molecule has 1 heterocycles. The summed E-state index contributed by atoms with van der Waals surface area (Å²) in [6.07, 6.45) is 2.15. The van der Waals surface area contributed by atoms with Gasteiger partial charge in [0.25, 0.3) is 0 Å². The first kappa shape index (κ1) is 7.66. The highest BCUT2D eigenvalue weighted by Gasteiger charge is 2.16. The van der Waals surface area contributed by atoms with Gasteiger partial charge in [-0.1, -0.05) is 6.92 Å². The van der Waals surface area contributed by atoms with Crippen LogP contribution < -0.4 is 5.73 Å². The third kappa shape index (κ3) is 1.53. The molecule has 0 fully saturated rings. The molecule has 0 aromatic rings. The third-order valence-corrected chi connectivity index (χ3v) is 2.96. The second-order valence-electron chi connectivity index (χ2n) is 2.43. The first-order valence-corrected chi connectivity index (χ1v) is 4.37. The smallest absolute Gasteiger partial charge is 0.119 e. The second-order valence-corrected chi connectivity index (χ2v) is 3.60. The molecule has 1 unspecified atom stereocenters. The molecule has 0 aromatic heterocycles. The van der Waals surface area contributed by atoms with E-state index in [1.807, 2.05) is 5.41 Å². The van der Waals surface area contributed by atoms with Gasteiger partial charge in [-0.25, -0.2) is 0 Å². The van der Waals surface area contributed by atoms with Gasteiger partial charge in [-0.05, 0) is 18.2 Å². The number of thioether (sulfide) groups is 1. The molecule has 2 nitrogen and oxygen atoms in total. The van der Waals surface area contributed by atoms with E-state index in [9.17, 15) is 0 Å². The maximum atomic E-state index is 7.15. The zero-order chi connectivity index (χ0) is 7.56. The summed E-state index contributed by atoms with van der Waals surface area (Å²) in [5.41, 5.74) is 6.33. The van der Waals surface area contributed by atoms with Gasteiger partial charge in [0.15, 0.2) is 0 Å². The molecule has 10 heavy (non-hydrogen) atoms. The molecule has 0 amide bonds. The highest BCUT2D eigenvalue weighted by atomic mass is 32.2. The molecular formula is C7H12N2S. The van der Waals surface area contributed by atoms with Crippen molar-refractivity contribution in [2.24, 2.45) is 5.73 Å². The molecule has 0 saturated carbocycles. The molecule has 0 bridgehead atoms. The van der Waals surface area contributed by atoms with E-state index in [0.717, 1.165) is 18.4 Å². The topological polar surface area (TPSA) is 49.9 Å². The van der Waals surface area contributed by atoms with Crippen LogP contribution in [0.5, 0.6) is 0 Å². The van der Waals surface area contributed by atoms with Crippen molar-refractivity contribution < 1.29 is 0 Å². The van der Waals surface area contributed by atoms with Crippen LogP contribution in [0.1, 0.15) is 19.8 Å². The fourth-order valence-corrected chi connectivity index (χ4v) is 1.98. The summed E-state index contributed by atoms with van der Waals surface area (Å²) in [4.78, 5) is 0. The largest absolute Gasteiger partial charge is 0.384 e. The molecule has 1 rings (SSSR count). The maximum Gasteiger partial charge on any atom is 0.119 e. The van der Waals surface area contributed by atoms with Crippen LogP contribution in [0.3, 0.4) is 0 Å². The number of nitrogens with one attached hydrogen (secondary N) is 1. The number of nitrogens with two attached hydrogens (primary N) is 1. The van der Waals surface area contributed by atoms with Gasteiger partial charge in [0.05, 0.1) is 0 Å². The quantitative estimate of drug-likeness (QED) is 0.472. The minimum absolute atomic E-state index is 0.239. The van der Waals surface area contributed by atoms with Crippen LogP contribution in [0.25, 0.3) is 0 Å². The van der Waals surface area contributed by atoms with Crippen molar-refractivity contribution in [1.29, 1.82) is 5.41 Å². The van der Waals surface area contributed by atoms with E-state index in [1.54, 1.807) is 11.8 Å². The maximum absolute atomic E-state index is 7.15. The molecule has 0 aliphatic carbocycles. The van der Waals surface area contributed by atoms with Gasteiger partial charge in [-0.15, -0.1) is 11.8 Å². The lowest BCUT2D eigenvalue weighted by molar-refractivity contribution is 0.836. The Hall–Kier alpha value is -0.440. The van der Waals surface area contributed by atoms with Gasteiger partial charge in [-0.2, -0.15) is 0 Å². The van der Waals surface area contributed by atoms with Crippen LogP contribution in [0.2, 0.25) is 0 Å². The Kier molecular flexibility index (Phi) is 2.38. The minimum atomic E-state index is 0.239. The Morgan fingerprint density at radius 3 is 3.00 bits per heavy atom. The van der Waals surface area contributed by atoms with Crippen molar-refractivity contribution in [3.63, 3.8) is 0 Å². The zero-order valence-electron chi connectivity index (χ0n) is 6.05. The highest BCUT2D eigenvalue weighted by Crippen LogP contribution is 2.31. The number of hydrogen-bond donors (Lipinski definition) is 2. The Morgan fingerprint density at radius 1 is 2.00 bits per heavy atom. The number of hydrogen-bond acceptors (Lipinski definition) is 2. The summed E-state index contributed by atoms with van der Waals surface area (Å²) in [6.45, 7) is 2.16. The summed E-state index contributed by atoms with van der Waals surface area (Å²) in [6, 6.07) is 0. The molecule has 1 aliphatic heterocycles. The fourth-order valence-electron chi connectivity index (χ4n) is 0.934. The van der Waals surface area contributed by atoms with Crippen molar-refractivity contribution in [3.05, 3.63) is 11.0 Å². The van der Waals surface area contributed by atoms with Crippen LogP contribution in [-0.2, 0) is 0 Å². The minimum Gasteiger partial charge on any atom is -0.384 e. The molecule has 3 heteroatoms. The Bertz CT molecular complexity index is 174. The van der Waals surface area contributed by atoms with Crippen molar-refractivity contribution in [3.8, 4) is 0 Å². The van der Waals surface area contributed by atoms with Crippen molar-refractivity contribution >= 4 is 17.6 Å². The molecule has 0 saturated heterocycles. The lowest BCUT2D eigenvalue weighted by atomic mass is 10.1. The SMILES string of the molecule is CCC1CC(C(=N)N)=CS1. The molecular weight excluding hydrogens is 144 g/mol. The standard InChI is InChI=1S/C7H12N2S/c1-2-6-3-5(4-10-6)7(8)9/h4,6H,2-3H2,1H3,(H3,8,9). The highest BCUT2D eigenvalue weighted by molar-refractivity contribution is 8.03. The third-order valence-electron chi connectivity index (χ3n) is 1.65. The van der Waals surface area contributed by atoms with Gasteiger partial charge >= 0.3 is 0 Å². The lowest BCUT2D eigenvalue weighted by Gasteiger charge is -2.03. The molecule has 0 aromatic carbocycles. The van der Waals surface area contributed by atoms with Gasteiger partial charge in [0, 0.05) is 10.8 Å². The van der Waals surface area contributed by atoms with E-state index in [4.69, 9.17) is 11.1 Å². The average Bonchev–Trinajstić information content (AvgIpc) is 2.34. The molecule has 3 N–H and O–H groups in total. The number of rotatable bonds is 2. The molecule has 0 radical (unpaired) electrons. The first-order valence-electron chi connectivity index (χ1n) is 3.43. The van der Waals surface area contributed by atoms with Gasteiger partial charge in [0.1, 0.15) is 5.84 Å². The number of amidine groups is 1. The Balaban J connectivity index is 2.47. The Morgan fingerprint density at radius 2 is 2.70 bits per heavy atom. The van der Waals surface area contributed by atoms with Gasteiger partial charge in [-0.3, -0.25) is 5.41 Å². The van der Waals surface area contributed by atoms with Crippen molar-refractivity contribution in [2.45, 2.75) is 25.0 Å². The van der Waals surface area contributed by atoms with E-state index in [2.05, 4.69) is 6.92 Å². The van der Waals surface area contributed by atoms with E-state index in [1.165, 1.54) is 0 Å². The van der Waals surface area contributed by atoms with Crippen LogP contribution in [0.15, 0.2) is 11.0 Å². The predicted octanol–water partition coefficient (Wildman–Crippen LogP) is 1.72. The summed E-state index contributed by atoms with van der Waals surface area (Å²) in [5.74, 6) is 0.239. The summed E-state index contributed by atoms with van der Waals surface area (Å²) in [7, 11) is 0. The molecule has 0 spiro atoms. The van der Waals surface area contributed by atoms with Crippen LogP contribution in [0.4, 0.5) is 0 Å². The van der Waals surface area contributed by atoms with Gasteiger partial charge in [0.2, 0.25) is 0 Å². The summed E-state index contributed by atoms with van der Waals surface area (Å²) < 4.78 is 0. The average molecular weight is 156 g/mol. The van der Waals surface area contributed by atoms with Crippen LogP contribution in [-0.4, -0.2) is 11.1 Å². The molecule has 1 atom stereocenters. The normalized spacial score (nSPS) is 24.5. The monoisotopic (exact) mass is 156 g/mol. The second kappa shape index (κ2) is 3.10. The van der Waals surface area contributed by atoms with E-state index < -0.39 is 0 Å². The lowest BCUT2D eigenvalue weighted by Crippen LogP contribution is -2.12.